The lowest BCUT2D eigenvalue weighted by atomic mass is 10.1. The Balaban J connectivity index is 1.44. The fourth-order valence-electron chi connectivity index (χ4n) is 2.84. The van der Waals surface area contributed by atoms with Crippen LogP contribution >= 0.6 is 11.3 Å². The van der Waals surface area contributed by atoms with Gasteiger partial charge in [0.05, 0.1) is 11.3 Å². The highest BCUT2D eigenvalue weighted by molar-refractivity contribution is 7.13. The molecule has 0 saturated heterocycles. The molecule has 6 nitrogen and oxygen atoms in total. The molecule has 4 aromatic rings. The second kappa shape index (κ2) is 7.51. The van der Waals surface area contributed by atoms with Crippen LogP contribution in [0.15, 0.2) is 65.0 Å². The molecule has 7 heteroatoms. The van der Waals surface area contributed by atoms with Crippen molar-refractivity contribution in [2.45, 2.75) is 6.42 Å². The van der Waals surface area contributed by atoms with E-state index in [1.807, 2.05) is 35.7 Å². The number of hydrogen-bond acceptors (Lipinski definition) is 5. The lowest BCUT2D eigenvalue weighted by Gasteiger charge is -2.07. The zero-order chi connectivity index (χ0) is 18.6. The molecule has 4 rings (SSSR count). The average molecular weight is 376 g/mol. The number of para-hydroxylation sites is 1. The summed E-state index contributed by atoms with van der Waals surface area (Å²) in [7, 11) is 0. The van der Waals surface area contributed by atoms with Gasteiger partial charge >= 0.3 is 0 Å². The van der Waals surface area contributed by atoms with Gasteiger partial charge in [0.2, 0.25) is 5.56 Å². The third kappa shape index (κ3) is 3.78. The maximum atomic E-state index is 12.5. The van der Waals surface area contributed by atoms with E-state index in [9.17, 15) is 9.59 Å². The molecule has 0 fully saturated rings. The number of carbonyl (C=O) groups is 1. The van der Waals surface area contributed by atoms with Gasteiger partial charge < -0.3 is 10.3 Å². The molecule has 0 radical (unpaired) electrons. The highest BCUT2D eigenvalue weighted by Crippen LogP contribution is 2.23. The first-order chi connectivity index (χ1) is 13.2. The van der Waals surface area contributed by atoms with Crippen molar-refractivity contribution in [1.82, 2.24) is 20.3 Å². The number of rotatable bonds is 5. The van der Waals surface area contributed by atoms with E-state index in [0.717, 1.165) is 21.7 Å². The monoisotopic (exact) mass is 376 g/mol. The Morgan fingerprint density at radius 3 is 2.81 bits per heavy atom. The lowest BCUT2D eigenvalue weighted by molar-refractivity contribution is 0.0955. The quantitative estimate of drug-likeness (QED) is 0.560. The van der Waals surface area contributed by atoms with E-state index >= 15 is 0 Å². The van der Waals surface area contributed by atoms with Gasteiger partial charge in [-0.2, -0.15) is 0 Å². The number of amides is 1. The summed E-state index contributed by atoms with van der Waals surface area (Å²) >= 11 is 1.56. The fourth-order valence-corrected chi connectivity index (χ4v) is 3.70. The van der Waals surface area contributed by atoms with Gasteiger partial charge in [-0.15, -0.1) is 11.3 Å². The number of pyridine rings is 2. The van der Waals surface area contributed by atoms with Crippen molar-refractivity contribution in [3.8, 4) is 10.6 Å². The van der Waals surface area contributed by atoms with Crippen molar-refractivity contribution >= 4 is 28.1 Å². The van der Waals surface area contributed by atoms with Crippen LogP contribution in [0.5, 0.6) is 0 Å². The minimum atomic E-state index is -0.291. The molecule has 1 amide bonds. The Labute approximate surface area is 158 Å². The zero-order valence-corrected chi connectivity index (χ0v) is 15.1. The zero-order valence-electron chi connectivity index (χ0n) is 14.3. The summed E-state index contributed by atoms with van der Waals surface area (Å²) in [5.41, 5.74) is 2.69. The second-order valence-electron chi connectivity index (χ2n) is 5.98. The third-order valence-electron chi connectivity index (χ3n) is 4.14. The van der Waals surface area contributed by atoms with E-state index in [2.05, 4.69) is 20.3 Å². The van der Waals surface area contributed by atoms with Gasteiger partial charge in [-0.3, -0.25) is 14.6 Å². The SMILES string of the molecule is O=C(NCCc1csc(-c2ccncc2)n1)c1cc(=O)[nH]c2ccccc12. The number of nitrogens with zero attached hydrogens (tertiary/aromatic N) is 2. The molecule has 134 valence electrons. The molecular weight excluding hydrogens is 360 g/mol. The van der Waals surface area contributed by atoms with Crippen molar-refractivity contribution in [2.75, 3.05) is 6.54 Å². The number of fused-ring (bicyclic) bond motifs is 1. The Morgan fingerprint density at radius 2 is 1.96 bits per heavy atom. The van der Waals surface area contributed by atoms with Gasteiger partial charge in [0.15, 0.2) is 0 Å². The van der Waals surface area contributed by atoms with Crippen LogP contribution in [-0.4, -0.2) is 27.4 Å². The smallest absolute Gasteiger partial charge is 0.252 e. The van der Waals surface area contributed by atoms with Gasteiger partial charge in [0, 0.05) is 53.3 Å². The molecule has 3 aromatic heterocycles. The maximum Gasteiger partial charge on any atom is 0.252 e. The molecular formula is C20H16N4O2S. The molecule has 3 heterocycles. The number of carbonyl (C=O) groups excluding carboxylic acids is 1. The molecule has 0 aliphatic rings. The predicted molar refractivity (Wildman–Crippen MR) is 106 cm³/mol. The Morgan fingerprint density at radius 1 is 1.15 bits per heavy atom. The molecule has 2 N–H and O–H groups in total. The summed E-state index contributed by atoms with van der Waals surface area (Å²) in [5.74, 6) is -0.262. The Hall–Kier alpha value is -3.32. The Kier molecular flexibility index (Phi) is 4.76. The normalized spacial score (nSPS) is 10.8. The molecule has 0 unspecified atom stereocenters. The van der Waals surface area contributed by atoms with Gasteiger partial charge in [-0.25, -0.2) is 4.98 Å². The van der Waals surface area contributed by atoms with Crippen LogP contribution in [0.4, 0.5) is 0 Å². The van der Waals surface area contributed by atoms with Gasteiger partial charge in [0.1, 0.15) is 5.01 Å². The molecule has 0 saturated carbocycles. The number of nitrogens with one attached hydrogen (secondary N) is 2. The standard InChI is InChI=1S/C20H16N4O2S/c25-18-11-16(15-3-1-2-4-17(15)24-18)19(26)22-10-7-14-12-27-20(23-14)13-5-8-21-9-6-13/h1-6,8-9,11-12H,7,10H2,(H,22,26)(H,24,25). The number of aromatic nitrogens is 3. The molecule has 0 aliphatic carbocycles. The number of thiazole rings is 1. The van der Waals surface area contributed by atoms with Crippen molar-refractivity contribution in [2.24, 2.45) is 0 Å². The average Bonchev–Trinajstić information content (AvgIpc) is 3.17. The summed E-state index contributed by atoms with van der Waals surface area (Å²) in [4.78, 5) is 35.7. The molecule has 27 heavy (non-hydrogen) atoms. The van der Waals surface area contributed by atoms with Crippen LogP contribution in [-0.2, 0) is 6.42 Å². The van der Waals surface area contributed by atoms with Gasteiger partial charge in [-0.05, 0) is 18.2 Å². The minimum absolute atomic E-state index is 0.262. The van der Waals surface area contributed by atoms with Crippen LogP contribution < -0.4 is 10.9 Å². The third-order valence-corrected chi connectivity index (χ3v) is 5.08. The highest BCUT2D eigenvalue weighted by Gasteiger charge is 2.11. The van der Waals surface area contributed by atoms with E-state index in [4.69, 9.17) is 0 Å². The molecule has 1 aromatic carbocycles. The topological polar surface area (TPSA) is 87.7 Å². The number of hydrogen-bond donors (Lipinski definition) is 2. The van der Waals surface area contributed by atoms with Crippen LogP contribution in [0, 0.1) is 0 Å². The molecule has 0 spiro atoms. The minimum Gasteiger partial charge on any atom is -0.352 e. The van der Waals surface area contributed by atoms with E-state index in [-0.39, 0.29) is 11.5 Å². The summed E-state index contributed by atoms with van der Waals surface area (Å²) in [5, 5.41) is 6.52. The second-order valence-corrected chi connectivity index (χ2v) is 6.84. The summed E-state index contributed by atoms with van der Waals surface area (Å²) in [6.45, 7) is 0.444. The van der Waals surface area contributed by atoms with Gasteiger partial charge in [0.25, 0.3) is 5.91 Å². The van der Waals surface area contributed by atoms with Crippen molar-refractivity contribution in [1.29, 1.82) is 0 Å². The number of aromatic amines is 1. The molecule has 0 bridgehead atoms. The van der Waals surface area contributed by atoms with Crippen molar-refractivity contribution in [3.05, 3.63) is 81.8 Å². The van der Waals surface area contributed by atoms with Crippen LogP contribution in [0.2, 0.25) is 0 Å². The van der Waals surface area contributed by atoms with Crippen LogP contribution in [0.3, 0.4) is 0 Å². The van der Waals surface area contributed by atoms with Crippen LogP contribution in [0.1, 0.15) is 16.1 Å². The number of benzene rings is 1. The predicted octanol–water partition coefficient (Wildman–Crippen LogP) is 3.02. The highest BCUT2D eigenvalue weighted by atomic mass is 32.1. The van der Waals surface area contributed by atoms with Crippen molar-refractivity contribution < 1.29 is 4.79 Å². The first kappa shape index (κ1) is 17.1. The van der Waals surface area contributed by atoms with Crippen molar-refractivity contribution in [3.63, 3.8) is 0 Å². The van der Waals surface area contributed by atoms with E-state index in [1.54, 1.807) is 29.8 Å². The van der Waals surface area contributed by atoms with Gasteiger partial charge in [-0.1, -0.05) is 18.2 Å². The largest absolute Gasteiger partial charge is 0.352 e. The Bertz CT molecular complexity index is 1150. The molecule has 0 aliphatic heterocycles. The van der Waals surface area contributed by atoms with E-state index in [1.165, 1.54) is 6.07 Å². The van der Waals surface area contributed by atoms with Crippen LogP contribution in [0.25, 0.3) is 21.5 Å². The first-order valence-corrected chi connectivity index (χ1v) is 9.34. The fraction of sp³-hybridized carbons (Fsp3) is 0.100. The summed E-state index contributed by atoms with van der Waals surface area (Å²) in [6.07, 6.45) is 4.10. The maximum absolute atomic E-state index is 12.5. The molecule has 0 atom stereocenters. The summed E-state index contributed by atoms with van der Waals surface area (Å²) in [6, 6.07) is 12.4. The van der Waals surface area contributed by atoms with E-state index in [0.29, 0.717) is 24.0 Å². The van der Waals surface area contributed by atoms with E-state index < -0.39 is 0 Å². The first-order valence-electron chi connectivity index (χ1n) is 8.46. The number of H-pyrrole nitrogens is 1. The summed E-state index contributed by atoms with van der Waals surface area (Å²) < 4.78 is 0. The lowest BCUT2D eigenvalue weighted by Crippen LogP contribution is -2.27.